The van der Waals surface area contributed by atoms with Crippen LogP contribution >= 0.6 is 0 Å². The number of hydrogen-bond acceptors (Lipinski definition) is 3. The van der Waals surface area contributed by atoms with E-state index >= 15 is 0 Å². The smallest absolute Gasteiger partial charge is 0.193 e. The van der Waals surface area contributed by atoms with Crippen molar-refractivity contribution >= 4 is 5.96 Å². The van der Waals surface area contributed by atoms with Crippen molar-refractivity contribution in [2.75, 3.05) is 33.4 Å². The van der Waals surface area contributed by atoms with Gasteiger partial charge in [-0.05, 0) is 44.2 Å². The molecule has 1 spiro atoms. The van der Waals surface area contributed by atoms with Crippen LogP contribution < -0.4 is 5.32 Å². The van der Waals surface area contributed by atoms with Crippen molar-refractivity contribution in [2.45, 2.75) is 39.2 Å². The molecule has 3 heterocycles. The molecule has 23 heavy (non-hydrogen) atoms. The number of piperidine rings is 1. The van der Waals surface area contributed by atoms with E-state index in [0.717, 1.165) is 44.5 Å². The minimum absolute atomic E-state index is 0.328. The maximum Gasteiger partial charge on any atom is 0.193 e. The molecule has 0 aromatic carbocycles. The first-order chi connectivity index (χ1) is 11.2. The second-order valence-electron chi connectivity index (χ2n) is 6.85. The number of aromatic nitrogens is 1. The molecule has 1 aromatic heterocycles. The van der Waals surface area contributed by atoms with E-state index in [-0.39, 0.29) is 0 Å². The highest BCUT2D eigenvalue weighted by molar-refractivity contribution is 5.80. The minimum Gasteiger partial charge on any atom is -0.381 e. The molecule has 1 atom stereocenters. The van der Waals surface area contributed by atoms with Crippen molar-refractivity contribution in [1.29, 1.82) is 0 Å². The SMILES string of the molecule is CN=C(NCc1ncccc1C)N1CCCC2(CCCOC2)C1. The Hall–Kier alpha value is -1.62. The monoisotopic (exact) mass is 316 g/mol. The lowest BCUT2D eigenvalue weighted by molar-refractivity contribution is -0.0370. The Bertz CT molecular complexity index is 546. The zero-order valence-corrected chi connectivity index (χ0v) is 14.3. The van der Waals surface area contributed by atoms with Gasteiger partial charge in [0.1, 0.15) is 0 Å². The van der Waals surface area contributed by atoms with E-state index in [4.69, 9.17) is 4.74 Å². The molecular weight excluding hydrogens is 288 g/mol. The van der Waals surface area contributed by atoms with Gasteiger partial charge in [-0.15, -0.1) is 0 Å². The molecule has 2 fully saturated rings. The van der Waals surface area contributed by atoms with Crippen molar-refractivity contribution in [3.63, 3.8) is 0 Å². The molecule has 2 aliphatic rings. The van der Waals surface area contributed by atoms with Gasteiger partial charge in [-0.3, -0.25) is 9.98 Å². The second-order valence-corrected chi connectivity index (χ2v) is 6.85. The van der Waals surface area contributed by atoms with Crippen LogP contribution in [0.3, 0.4) is 0 Å². The summed E-state index contributed by atoms with van der Waals surface area (Å²) in [5.41, 5.74) is 2.63. The molecule has 2 saturated heterocycles. The summed E-state index contributed by atoms with van der Waals surface area (Å²) >= 11 is 0. The summed E-state index contributed by atoms with van der Waals surface area (Å²) in [7, 11) is 1.87. The molecule has 5 nitrogen and oxygen atoms in total. The highest BCUT2D eigenvalue weighted by atomic mass is 16.5. The highest BCUT2D eigenvalue weighted by Gasteiger charge is 2.38. The summed E-state index contributed by atoms with van der Waals surface area (Å²) in [6.07, 6.45) is 6.81. The Morgan fingerprint density at radius 2 is 2.30 bits per heavy atom. The highest BCUT2D eigenvalue weighted by Crippen LogP contribution is 2.37. The fraction of sp³-hybridized carbons (Fsp3) is 0.667. The molecule has 2 aliphatic heterocycles. The predicted octanol–water partition coefficient (Wildman–Crippen LogP) is 2.36. The first-order valence-electron chi connectivity index (χ1n) is 8.66. The number of nitrogens with zero attached hydrogens (tertiary/aromatic N) is 3. The number of pyridine rings is 1. The number of aryl methyl sites for hydroxylation is 1. The Labute approximate surface area is 139 Å². The Morgan fingerprint density at radius 1 is 1.43 bits per heavy atom. The first kappa shape index (κ1) is 16.2. The van der Waals surface area contributed by atoms with Crippen LogP contribution in [0.4, 0.5) is 0 Å². The first-order valence-corrected chi connectivity index (χ1v) is 8.66. The lowest BCUT2D eigenvalue weighted by Crippen LogP contribution is -2.52. The largest absolute Gasteiger partial charge is 0.381 e. The van der Waals surface area contributed by atoms with Crippen LogP contribution in [0.1, 0.15) is 36.9 Å². The summed E-state index contributed by atoms with van der Waals surface area (Å²) in [6.45, 7) is 6.77. The predicted molar refractivity (Wildman–Crippen MR) is 92.5 cm³/mol. The third kappa shape index (κ3) is 3.83. The average molecular weight is 316 g/mol. The van der Waals surface area contributed by atoms with Crippen LogP contribution in [0, 0.1) is 12.3 Å². The lowest BCUT2D eigenvalue weighted by atomic mass is 9.76. The van der Waals surface area contributed by atoms with Gasteiger partial charge in [-0.1, -0.05) is 6.07 Å². The van der Waals surface area contributed by atoms with Gasteiger partial charge in [0, 0.05) is 38.4 Å². The van der Waals surface area contributed by atoms with Gasteiger partial charge in [-0.25, -0.2) is 0 Å². The van der Waals surface area contributed by atoms with Crippen LogP contribution in [-0.4, -0.2) is 49.2 Å². The molecule has 0 aliphatic carbocycles. The van der Waals surface area contributed by atoms with Gasteiger partial charge in [0.25, 0.3) is 0 Å². The molecule has 126 valence electrons. The molecule has 0 amide bonds. The van der Waals surface area contributed by atoms with Crippen LogP contribution in [0.15, 0.2) is 23.3 Å². The summed E-state index contributed by atoms with van der Waals surface area (Å²) in [6, 6.07) is 4.08. The normalized spacial score (nSPS) is 25.7. The zero-order valence-electron chi connectivity index (χ0n) is 14.3. The summed E-state index contributed by atoms with van der Waals surface area (Å²) in [5.74, 6) is 0.986. The molecular formula is C18H28N4O. The Morgan fingerprint density at radius 3 is 3.04 bits per heavy atom. The fourth-order valence-corrected chi connectivity index (χ4v) is 3.82. The van der Waals surface area contributed by atoms with E-state index < -0.39 is 0 Å². The fourth-order valence-electron chi connectivity index (χ4n) is 3.82. The minimum atomic E-state index is 0.328. The third-order valence-corrected chi connectivity index (χ3v) is 5.11. The number of rotatable bonds is 2. The van der Waals surface area contributed by atoms with Gasteiger partial charge in [0.2, 0.25) is 0 Å². The molecule has 0 radical (unpaired) electrons. The van der Waals surface area contributed by atoms with E-state index in [1.54, 1.807) is 0 Å². The third-order valence-electron chi connectivity index (χ3n) is 5.11. The lowest BCUT2D eigenvalue weighted by Gasteiger charge is -2.45. The van der Waals surface area contributed by atoms with Crippen molar-refractivity contribution < 1.29 is 4.74 Å². The summed E-state index contributed by atoms with van der Waals surface area (Å²) in [5, 5.41) is 3.49. The number of hydrogen-bond donors (Lipinski definition) is 1. The average Bonchev–Trinajstić information content (AvgIpc) is 2.58. The van der Waals surface area contributed by atoms with Crippen molar-refractivity contribution in [3.8, 4) is 0 Å². The molecule has 0 saturated carbocycles. The number of likely N-dealkylation sites (tertiary alicyclic amines) is 1. The molecule has 1 N–H and O–H groups in total. The summed E-state index contributed by atoms with van der Waals surface area (Å²) in [4.78, 5) is 11.4. The van der Waals surface area contributed by atoms with E-state index in [9.17, 15) is 0 Å². The molecule has 1 unspecified atom stereocenters. The Balaban J connectivity index is 1.63. The summed E-state index contributed by atoms with van der Waals surface area (Å²) < 4.78 is 5.77. The van der Waals surface area contributed by atoms with Gasteiger partial charge in [0.15, 0.2) is 5.96 Å². The maximum atomic E-state index is 5.77. The maximum absolute atomic E-state index is 5.77. The van der Waals surface area contributed by atoms with E-state index in [1.165, 1.54) is 31.2 Å². The topological polar surface area (TPSA) is 49.8 Å². The number of guanidine groups is 1. The van der Waals surface area contributed by atoms with E-state index in [0.29, 0.717) is 5.41 Å². The van der Waals surface area contributed by atoms with Gasteiger partial charge < -0.3 is 15.0 Å². The number of aliphatic imine (C=N–C) groups is 1. The van der Waals surface area contributed by atoms with Crippen molar-refractivity contribution in [3.05, 3.63) is 29.6 Å². The van der Waals surface area contributed by atoms with Crippen molar-refractivity contribution in [2.24, 2.45) is 10.4 Å². The van der Waals surface area contributed by atoms with Gasteiger partial charge in [-0.2, -0.15) is 0 Å². The van der Waals surface area contributed by atoms with Gasteiger partial charge in [0.05, 0.1) is 18.8 Å². The number of nitrogens with one attached hydrogen (secondary N) is 1. The molecule has 0 bridgehead atoms. The Kier molecular flexibility index (Phi) is 5.16. The van der Waals surface area contributed by atoms with E-state index in [1.807, 2.05) is 19.3 Å². The van der Waals surface area contributed by atoms with Crippen LogP contribution in [-0.2, 0) is 11.3 Å². The molecule has 3 rings (SSSR count). The molecule has 1 aromatic rings. The van der Waals surface area contributed by atoms with Crippen LogP contribution in [0.25, 0.3) is 0 Å². The molecule has 5 heteroatoms. The van der Waals surface area contributed by atoms with Crippen molar-refractivity contribution in [1.82, 2.24) is 15.2 Å². The van der Waals surface area contributed by atoms with Crippen LogP contribution in [0.5, 0.6) is 0 Å². The van der Waals surface area contributed by atoms with Gasteiger partial charge >= 0.3 is 0 Å². The van der Waals surface area contributed by atoms with E-state index in [2.05, 4.69) is 33.2 Å². The zero-order chi connectivity index (χ0) is 16.1. The quantitative estimate of drug-likeness (QED) is 0.672. The number of ether oxygens (including phenoxy) is 1. The van der Waals surface area contributed by atoms with Crippen LogP contribution in [0.2, 0.25) is 0 Å². The standard InChI is InChI=1S/C18H28N4O/c1-15-6-3-9-20-16(15)12-21-17(19-2)22-10-4-7-18(13-22)8-5-11-23-14-18/h3,6,9H,4-5,7-8,10-14H2,1-2H3,(H,19,21). The second kappa shape index (κ2) is 7.30.